The SMILES string of the molecule is CCCOc1ccc(N2C(=O)NC(=O)/C(=C\c3ccccc3)C2=O)cc1OCC. The molecule has 1 saturated heterocycles. The van der Waals surface area contributed by atoms with Crippen molar-refractivity contribution in [2.75, 3.05) is 18.1 Å². The highest BCUT2D eigenvalue weighted by Crippen LogP contribution is 2.33. The van der Waals surface area contributed by atoms with Crippen LogP contribution in [0.1, 0.15) is 25.8 Å². The first kappa shape index (κ1) is 20.1. The smallest absolute Gasteiger partial charge is 0.335 e. The Balaban J connectivity index is 1.97. The van der Waals surface area contributed by atoms with E-state index >= 15 is 0 Å². The molecule has 29 heavy (non-hydrogen) atoms. The van der Waals surface area contributed by atoms with Gasteiger partial charge >= 0.3 is 6.03 Å². The fourth-order valence-corrected chi connectivity index (χ4v) is 2.84. The lowest BCUT2D eigenvalue weighted by Crippen LogP contribution is -2.54. The maximum atomic E-state index is 13.0. The lowest BCUT2D eigenvalue weighted by molar-refractivity contribution is -0.122. The van der Waals surface area contributed by atoms with Gasteiger partial charge in [0.05, 0.1) is 18.9 Å². The van der Waals surface area contributed by atoms with Gasteiger partial charge in [-0.2, -0.15) is 0 Å². The first-order valence-corrected chi connectivity index (χ1v) is 9.41. The lowest BCUT2D eigenvalue weighted by atomic mass is 10.1. The zero-order chi connectivity index (χ0) is 20.8. The summed E-state index contributed by atoms with van der Waals surface area (Å²) in [4.78, 5) is 38.6. The Hall–Kier alpha value is -3.61. The van der Waals surface area contributed by atoms with Crippen LogP contribution in [0.15, 0.2) is 54.1 Å². The number of barbiturate groups is 1. The number of carbonyl (C=O) groups is 3. The molecule has 0 bridgehead atoms. The number of nitrogens with one attached hydrogen (secondary N) is 1. The minimum atomic E-state index is -0.810. The van der Waals surface area contributed by atoms with Gasteiger partial charge in [0.1, 0.15) is 5.57 Å². The molecule has 0 spiro atoms. The summed E-state index contributed by atoms with van der Waals surface area (Å²) in [6.45, 7) is 4.72. The van der Waals surface area contributed by atoms with Crippen LogP contribution in [0, 0.1) is 0 Å². The Morgan fingerprint density at radius 1 is 0.966 bits per heavy atom. The average molecular weight is 394 g/mol. The molecule has 0 radical (unpaired) electrons. The van der Waals surface area contributed by atoms with Gasteiger partial charge in [-0.15, -0.1) is 0 Å². The number of anilines is 1. The minimum Gasteiger partial charge on any atom is -0.490 e. The van der Waals surface area contributed by atoms with Crippen molar-refractivity contribution in [1.82, 2.24) is 5.32 Å². The van der Waals surface area contributed by atoms with Crippen LogP contribution in [0.3, 0.4) is 0 Å². The minimum absolute atomic E-state index is 0.125. The van der Waals surface area contributed by atoms with E-state index in [-0.39, 0.29) is 11.3 Å². The molecule has 150 valence electrons. The molecular weight excluding hydrogens is 372 g/mol. The number of hydrogen-bond acceptors (Lipinski definition) is 5. The van der Waals surface area contributed by atoms with Crippen LogP contribution in [-0.2, 0) is 9.59 Å². The van der Waals surface area contributed by atoms with Crippen molar-refractivity contribution in [1.29, 1.82) is 0 Å². The molecule has 2 aromatic carbocycles. The van der Waals surface area contributed by atoms with Gasteiger partial charge in [0.25, 0.3) is 11.8 Å². The third-order valence-electron chi connectivity index (χ3n) is 4.16. The van der Waals surface area contributed by atoms with Crippen molar-refractivity contribution in [3.63, 3.8) is 0 Å². The van der Waals surface area contributed by atoms with E-state index in [1.54, 1.807) is 42.5 Å². The number of amides is 4. The van der Waals surface area contributed by atoms with Crippen LogP contribution in [0.5, 0.6) is 11.5 Å². The summed E-state index contributed by atoms with van der Waals surface area (Å²) in [7, 11) is 0. The second kappa shape index (κ2) is 9.05. The molecule has 1 fully saturated rings. The summed E-state index contributed by atoms with van der Waals surface area (Å²) < 4.78 is 11.3. The van der Waals surface area contributed by atoms with Crippen LogP contribution >= 0.6 is 0 Å². The molecule has 0 saturated carbocycles. The van der Waals surface area contributed by atoms with Crippen molar-refractivity contribution < 1.29 is 23.9 Å². The van der Waals surface area contributed by atoms with E-state index in [4.69, 9.17) is 9.47 Å². The maximum absolute atomic E-state index is 13.0. The molecule has 0 aliphatic carbocycles. The molecule has 3 rings (SSSR count). The molecule has 7 nitrogen and oxygen atoms in total. The third kappa shape index (κ3) is 4.45. The first-order chi connectivity index (χ1) is 14.0. The standard InChI is InChI=1S/C22H22N2O5/c1-3-12-29-18-11-10-16(14-19(18)28-4-2)24-21(26)17(20(25)23-22(24)27)13-15-8-6-5-7-9-15/h5-11,13-14H,3-4,12H2,1-2H3,(H,23,25,27)/b17-13+. The molecule has 4 amide bonds. The van der Waals surface area contributed by atoms with Crippen LogP contribution in [0.4, 0.5) is 10.5 Å². The van der Waals surface area contributed by atoms with Gasteiger partial charge in [-0.1, -0.05) is 37.3 Å². The van der Waals surface area contributed by atoms with Gasteiger partial charge in [-0.3, -0.25) is 14.9 Å². The molecule has 1 N–H and O–H groups in total. The summed E-state index contributed by atoms with van der Waals surface area (Å²) >= 11 is 0. The Morgan fingerprint density at radius 2 is 1.72 bits per heavy atom. The van der Waals surface area contributed by atoms with E-state index in [1.807, 2.05) is 19.9 Å². The summed E-state index contributed by atoms with van der Waals surface area (Å²) in [6, 6.07) is 12.9. The number of nitrogens with zero attached hydrogens (tertiary/aromatic N) is 1. The van der Waals surface area contributed by atoms with Crippen LogP contribution in [0.2, 0.25) is 0 Å². The van der Waals surface area contributed by atoms with E-state index in [0.717, 1.165) is 11.3 Å². The largest absolute Gasteiger partial charge is 0.490 e. The molecule has 0 unspecified atom stereocenters. The van der Waals surface area contributed by atoms with Crippen molar-refractivity contribution in [3.8, 4) is 11.5 Å². The van der Waals surface area contributed by atoms with Crippen LogP contribution in [0.25, 0.3) is 6.08 Å². The Labute approximate surface area is 168 Å². The van der Waals surface area contributed by atoms with Crippen molar-refractivity contribution in [2.45, 2.75) is 20.3 Å². The van der Waals surface area contributed by atoms with Crippen LogP contribution < -0.4 is 19.7 Å². The number of benzene rings is 2. The van der Waals surface area contributed by atoms with E-state index < -0.39 is 17.8 Å². The zero-order valence-electron chi connectivity index (χ0n) is 16.3. The highest BCUT2D eigenvalue weighted by molar-refractivity contribution is 6.39. The summed E-state index contributed by atoms with van der Waals surface area (Å²) in [5, 5.41) is 2.22. The van der Waals surface area contributed by atoms with Gasteiger partial charge in [0.15, 0.2) is 11.5 Å². The van der Waals surface area contributed by atoms with Crippen molar-refractivity contribution in [3.05, 3.63) is 59.7 Å². The van der Waals surface area contributed by atoms with Crippen LogP contribution in [-0.4, -0.2) is 31.1 Å². The topological polar surface area (TPSA) is 84.9 Å². The predicted molar refractivity (Wildman–Crippen MR) is 109 cm³/mol. The Bertz CT molecular complexity index is 953. The molecule has 0 aromatic heterocycles. The van der Waals surface area contributed by atoms with Gasteiger partial charge in [-0.05, 0) is 37.1 Å². The van der Waals surface area contributed by atoms with E-state index in [0.29, 0.717) is 30.3 Å². The molecule has 2 aromatic rings. The molecule has 1 aliphatic rings. The number of imide groups is 2. The number of rotatable bonds is 7. The third-order valence-corrected chi connectivity index (χ3v) is 4.16. The average Bonchev–Trinajstić information content (AvgIpc) is 2.71. The molecular formula is C22H22N2O5. The number of carbonyl (C=O) groups excluding carboxylic acids is 3. The summed E-state index contributed by atoms with van der Waals surface area (Å²) in [5.74, 6) is -0.483. The fraction of sp³-hybridized carbons (Fsp3) is 0.227. The maximum Gasteiger partial charge on any atom is 0.335 e. The Morgan fingerprint density at radius 3 is 2.41 bits per heavy atom. The summed E-state index contributed by atoms with van der Waals surface area (Å²) in [5.41, 5.74) is 0.838. The normalized spacial score (nSPS) is 15.4. The Kier molecular flexibility index (Phi) is 6.29. The number of hydrogen-bond donors (Lipinski definition) is 1. The van der Waals surface area contributed by atoms with Gasteiger partial charge in [-0.25, -0.2) is 9.69 Å². The molecule has 1 heterocycles. The second-order valence-electron chi connectivity index (χ2n) is 6.28. The predicted octanol–water partition coefficient (Wildman–Crippen LogP) is 3.54. The molecule has 1 aliphatic heterocycles. The van der Waals surface area contributed by atoms with E-state index in [1.165, 1.54) is 6.08 Å². The second-order valence-corrected chi connectivity index (χ2v) is 6.28. The monoisotopic (exact) mass is 394 g/mol. The number of ether oxygens (including phenoxy) is 2. The van der Waals surface area contributed by atoms with Crippen molar-refractivity contribution in [2.24, 2.45) is 0 Å². The zero-order valence-corrected chi connectivity index (χ0v) is 16.3. The fourth-order valence-electron chi connectivity index (χ4n) is 2.84. The number of urea groups is 1. The first-order valence-electron chi connectivity index (χ1n) is 9.41. The quantitative estimate of drug-likeness (QED) is 0.574. The summed E-state index contributed by atoms with van der Waals surface area (Å²) in [6.07, 6.45) is 2.29. The molecule has 0 atom stereocenters. The van der Waals surface area contributed by atoms with Gasteiger partial charge < -0.3 is 9.47 Å². The lowest BCUT2D eigenvalue weighted by Gasteiger charge is -2.27. The highest BCUT2D eigenvalue weighted by atomic mass is 16.5. The van der Waals surface area contributed by atoms with Gasteiger partial charge in [0, 0.05) is 6.07 Å². The van der Waals surface area contributed by atoms with Gasteiger partial charge in [0.2, 0.25) is 0 Å². The van der Waals surface area contributed by atoms with E-state index in [2.05, 4.69) is 5.32 Å². The molecule has 7 heteroatoms. The van der Waals surface area contributed by atoms with Crippen molar-refractivity contribution >= 4 is 29.6 Å². The van der Waals surface area contributed by atoms with E-state index in [9.17, 15) is 14.4 Å². The highest BCUT2D eigenvalue weighted by Gasteiger charge is 2.37.